The molecule has 0 aliphatic carbocycles. The molecule has 6 heteroatoms. The Balaban J connectivity index is 2.38. The summed E-state index contributed by atoms with van der Waals surface area (Å²) in [5.41, 5.74) is 0.338. The van der Waals surface area contributed by atoms with E-state index in [2.05, 4.69) is 25.8 Å². The lowest BCUT2D eigenvalue weighted by Crippen LogP contribution is -2.38. The van der Waals surface area contributed by atoms with E-state index < -0.39 is 0 Å². The highest BCUT2D eigenvalue weighted by Crippen LogP contribution is 2.23. The van der Waals surface area contributed by atoms with Crippen molar-refractivity contribution in [2.45, 2.75) is 32.7 Å². The summed E-state index contributed by atoms with van der Waals surface area (Å²) in [4.78, 5) is 28.1. The van der Waals surface area contributed by atoms with Gasteiger partial charge in [-0.25, -0.2) is 9.78 Å². The van der Waals surface area contributed by atoms with Crippen LogP contribution in [0.15, 0.2) is 27.2 Å². The minimum absolute atomic E-state index is 0.0264. The maximum absolute atomic E-state index is 11.9. The molecule has 0 aromatic carbocycles. The summed E-state index contributed by atoms with van der Waals surface area (Å²) in [6, 6.07) is 1.39. The van der Waals surface area contributed by atoms with Crippen molar-refractivity contribution in [3.63, 3.8) is 0 Å². The molecule has 2 rings (SSSR count). The number of aromatic nitrogens is 3. The lowest BCUT2D eigenvalue weighted by molar-refractivity contribution is 0.567. The van der Waals surface area contributed by atoms with E-state index in [9.17, 15) is 9.59 Å². The molecule has 0 amide bonds. The minimum atomic E-state index is -0.319. The van der Waals surface area contributed by atoms with Gasteiger partial charge in [0.05, 0.1) is 12.2 Å². The number of hydrogen-bond acceptors (Lipinski definition) is 4. The van der Waals surface area contributed by atoms with Crippen LogP contribution in [-0.4, -0.2) is 14.1 Å². The van der Waals surface area contributed by atoms with Crippen molar-refractivity contribution >= 4 is 11.3 Å². The SMILES string of the molecule is Cn1ccc(=O)n(Cc2nc(C(C)(C)C)cs2)c1=O. The summed E-state index contributed by atoms with van der Waals surface area (Å²) in [6.07, 6.45) is 1.48. The van der Waals surface area contributed by atoms with Crippen molar-refractivity contribution in [1.82, 2.24) is 14.1 Å². The third-order valence-electron chi connectivity index (χ3n) is 2.85. The van der Waals surface area contributed by atoms with Crippen LogP contribution in [0.1, 0.15) is 31.5 Å². The van der Waals surface area contributed by atoms with Gasteiger partial charge in [0.2, 0.25) is 0 Å². The van der Waals surface area contributed by atoms with Crippen molar-refractivity contribution in [3.05, 3.63) is 49.2 Å². The molecule has 0 fully saturated rings. The molecule has 2 aromatic rings. The summed E-state index contributed by atoms with van der Waals surface area (Å²) in [7, 11) is 1.63. The molecular weight excluding hydrogens is 262 g/mol. The van der Waals surface area contributed by atoms with Gasteiger partial charge in [-0.3, -0.25) is 9.36 Å². The van der Waals surface area contributed by atoms with Crippen molar-refractivity contribution in [3.8, 4) is 0 Å². The van der Waals surface area contributed by atoms with Gasteiger partial charge >= 0.3 is 5.69 Å². The van der Waals surface area contributed by atoms with Crippen LogP contribution in [0.5, 0.6) is 0 Å². The Morgan fingerprint density at radius 3 is 2.58 bits per heavy atom. The normalized spacial score (nSPS) is 11.8. The average molecular weight is 279 g/mol. The quantitative estimate of drug-likeness (QED) is 0.834. The van der Waals surface area contributed by atoms with E-state index >= 15 is 0 Å². The van der Waals surface area contributed by atoms with E-state index in [0.717, 1.165) is 10.7 Å². The van der Waals surface area contributed by atoms with Crippen LogP contribution in [-0.2, 0) is 19.0 Å². The molecule has 0 spiro atoms. The lowest BCUT2D eigenvalue weighted by atomic mass is 9.93. The van der Waals surface area contributed by atoms with Crippen LogP contribution in [0.2, 0.25) is 0 Å². The molecule has 2 heterocycles. The van der Waals surface area contributed by atoms with E-state index in [1.54, 1.807) is 7.05 Å². The van der Waals surface area contributed by atoms with Crippen LogP contribution >= 0.6 is 11.3 Å². The number of hydrogen-bond donors (Lipinski definition) is 0. The fraction of sp³-hybridized carbons (Fsp3) is 0.462. The maximum Gasteiger partial charge on any atom is 0.331 e. The maximum atomic E-state index is 11.9. The highest BCUT2D eigenvalue weighted by Gasteiger charge is 2.17. The molecule has 0 saturated carbocycles. The first-order chi connectivity index (χ1) is 8.79. The molecule has 2 aromatic heterocycles. The van der Waals surface area contributed by atoms with Crippen molar-refractivity contribution < 1.29 is 0 Å². The smallest absolute Gasteiger partial charge is 0.303 e. The van der Waals surface area contributed by atoms with Gasteiger partial charge < -0.3 is 4.57 Å². The molecule has 19 heavy (non-hydrogen) atoms. The van der Waals surface area contributed by atoms with E-state index in [4.69, 9.17) is 0 Å². The van der Waals surface area contributed by atoms with Gasteiger partial charge in [0, 0.05) is 30.1 Å². The van der Waals surface area contributed by atoms with Gasteiger partial charge in [0.15, 0.2) is 0 Å². The number of rotatable bonds is 2. The average Bonchev–Trinajstić information content (AvgIpc) is 2.78. The molecule has 0 atom stereocenters. The van der Waals surface area contributed by atoms with Gasteiger partial charge in [0.25, 0.3) is 5.56 Å². The van der Waals surface area contributed by atoms with Crippen LogP contribution in [0, 0.1) is 0 Å². The second kappa shape index (κ2) is 4.77. The molecule has 0 aliphatic heterocycles. The summed E-state index contributed by atoms with van der Waals surface area (Å²) < 4.78 is 2.59. The Hall–Kier alpha value is -1.69. The highest BCUT2D eigenvalue weighted by molar-refractivity contribution is 7.09. The summed E-state index contributed by atoms with van der Waals surface area (Å²) in [6.45, 7) is 6.48. The molecule has 0 saturated heterocycles. The van der Waals surface area contributed by atoms with Crippen molar-refractivity contribution in [1.29, 1.82) is 0 Å². The molecule has 0 unspecified atom stereocenters. The molecule has 102 valence electrons. The standard InChI is InChI=1S/C13H17N3O2S/c1-13(2,3)9-8-19-10(14-9)7-16-11(17)5-6-15(4)12(16)18/h5-6,8H,7H2,1-4H3. The number of aryl methyl sites for hydroxylation is 1. The van der Waals surface area contributed by atoms with Crippen molar-refractivity contribution in [2.24, 2.45) is 7.05 Å². The van der Waals surface area contributed by atoms with Crippen LogP contribution < -0.4 is 11.2 Å². The molecule has 0 radical (unpaired) electrons. The minimum Gasteiger partial charge on any atom is -0.303 e. The Morgan fingerprint density at radius 2 is 2.00 bits per heavy atom. The second-order valence-corrected chi connectivity index (χ2v) is 6.45. The first kappa shape index (κ1) is 13.7. The van der Waals surface area contributed by atoms with E-state index in [-0.39, 0.29) is 23.2 Å². The Labute approximate surface area is 115 Å². The highest BCUT2D eigenvalue weighted by atomic mass is 32.1. The zero-order valence-electron chi connectivity index (χ0n) is 11.5. The zero-order chi connectivity index (χ0) is 14.2. The zero-order valence-corrected chi connectivity index (χ0v) is 12.3. The Kier molecular flexibility index (Phi) is 3.45. The summed E-state index contributed by atoms with van der Waals surface area (Å²) in [5.74, 6) is 0. The Morgan fingerprint density at radius 1 is 1.32 bits per heavy atom. The molecule has 0 N–H and O–H groups in total. The third kappa shape index (κ3) is 2.84. The molecular formula is C13H17N3O2S. The molecule has 0 bridgehead atoms. The van der Waals surface area contributed by atoms with Gasteiger partial charge in [0.1, 0.15) is 5.01 Å². The van der Waals surface area contributed by atoms with E-state index in [0.29, 0.717) is 0 Å². The van der Waals surface area contributed by atoms with Gasteiger partial charge in [-0.15, -0.1) is 11.3 Å². The molecule has 5 nitrogen and oxygen atoms in total. The van der Waals surface area contributed by atoms with Crippen LogP contribution in [0.3, 0.4) is 0 Å². The topological polar surface area (TPSA) is 56.9 Å². The largest absolute Gasteiger partial charge is 0.331 e. The van der Waals surface area contributed by atoms with Crippen LogP contribution in [0.4, 0.5) is 0 Å². The van der Waals surface area contributed by atoms with Gasteiger partial charge in [-0.1, -0.05) is 20.8 Å². The second-order valence-electron chi connectivity index (χ2n) is 5.51. The van der Waals surface area contributed by atoms with E-state index in [1.807, 2.05) is 5.38 Å². The Bertz CT molecular complexity index is 704. The predicted molar refractivity (Wildman–Crippen MR) is 75.9 cm³/mol. The lowest BCUT2D eigenvalue weighted by Gasteiger charge is -2.14. The van der Waals surface area contributed by atoms with Gasteiger partial charge in [-0.05, 0) is 0 Å². The first-order valence-corrected chi connectivity index (χ1v) is 6.88. The first-order valence-electron chi connectivity index (χ1n) is 6.00. The van der Waals surface area contributed by atoms with Crippen LogP contribution in [0.25, 0.3) is 0 Å². The van der Waals surface area contributed by atoms with E-state index in [1.165, 1.54) is 32.7 Å². The fourth-order valence-electron chi connectivity index (χ4n) is 1.62. The van der Waals surface area contributed by atoms with Gasteiger partial charge in [-0.2, -0.15) is 0 Å². The third-order valence-corrected chi connectivity index (χ3v) is 3.69. The summed E-state index contributed by atoms with van der Waals surface area (Å²) >= 11 is 1.48. The molecule has 0 aliphatic rings. The summed E-state index contributed by atoms with van der Waals surface area (Å²) in [5, 5.41) is 2.75. The monoisotopic (exact) mass is 279 g/mol. The number of nitrogens with zero attached hydrogens (tertiary/aromatic N) is 3. The fourth-order valence-corrected chi connectivity index (χ4v) is 2.63. The van der Waals surface area contributed by atoms with Crippen molar-refractivity contribution in [2.75, 3.05) is 0 Å². The predicted octanol–water partition coefficient (Wildman–Crippen LogP) is 1.35. The number of thiazole rings is 1.